The predicted octanol–water partition coefficient (Wildman–Crippen LogP) is 2.05. The highest BCUT2D eigenvalue weighted by molar-refractivity contribution is 5.84. The number of benzene rings is 1. The summed E-state index contributed by atoms with van der Waals surface area (Å²) in [5.41, 5.74) is 3.45. The molecular formula is C23H31N5O2. The van der Waals surface area contributed by atoms with Gasteiger partial charge in [0.1, 0.15) is 5.82 Å². The summed E-state index contributed by atoms with van der Waals surface area (Å²) < 4.78 is 0. The van der Waals surface area contributed by atoms with E-state index in [-0.39, 0.29) is 24.4 Å². The second-order valence-electron chi connectivity index (χ2n) is 8.54. The molecular weight excluding hydrogens is 378 g/mol. The van der Waals surface area contributed by atoms with Crippen molar-refractivity contribution in [1.29, 1.82) is 0 Å². The van der Waals surface area contributed by atoms with Crippen molar-refractivity contribution in [2.75, 3.05) is 26.2 Å². The highest BCUT2D eigenvalue weighted by atomic mass is 16.2. The van der Waals surface area contributed by atoms with Crippen molar-refractivity contribution < 1.29 is 9.59 Å². The van der Waals surface area contributed by atoms with Crippen LogP contribution in [-0.2, 0) is 22.6 Å². The SMILES string of the molecule is CCc1nc(CN2C[C@H]3CN(C(=O)CNC(C)=O)[C@H](c4ccccc4)[C@H]3C2)c(C)[nH]1. The number of hydrogen-bond acceptors (Lipinski definition) is 4. The van der Waals surface area contributed by atoms with E-state index in [2.05, 4.69) is 41.2 Å². The maximum Gasteiger partial charge on any atom is 0.242 e. The summed E-state index contributed by atoms with van der Waals surface area (Å²) in [4.78, 5) is 36.8. The summed E-state index contributed by atoms with van der Waals surface area (Å²) in [7, 11) is 0. The molecule has 1 aromatic heterocycles. The number of rotatable bonds is 6. The van der Waals surface area contributed by atoms with E-state index in [0.717, 1.165) is 49.8 Å². The van der Waals surface area contributed by atoms with E-state index < -0.39 is 0 Å². The summed E-state index contributed by atoms with van der Waals surface area (Å²) in [5, 5.41) is 2.66. The van der Waals surface area contributed by atoms with E-state index in [4.69, 9.17) is 4.98 Å². The number of imidazole rings is 1. The number of aromatic nitrogens is 2. The Morgan fingerprint density at radius 3 is 2.63 bits per heavy atom. The Bertz CT molecular complexity index is 910. The summed E-state index contributed by atoms with van der Waals surface area (Å²) in [5.74, 6) is 1.68. The monoisotopic (exact) mass is 409 g/mol. The maximum absolute atomic E-state index is 12.9. The van der Waals surface area contributed by atoms with Crippen molar-refractivity contribution in [2.45, 2.75) is 39.8 Å². The van der Waals surface area contributed by atoms with Gasteiger partial charge in [-0.05, 0) is 18.4 Å². The Hall–Kier alpha value is -2.67. The van der Waals surface area contributed by atoms with Crippen LogP contribution in [0.3, 0.4) is 0 Å². The fourth-order valence-corrected chi connectivity index (χ4v) is 5.00. The number of nitrogens with zero attached hydrogens (tertiary/aromatic N) is 3. The molecule has 2 aliphatic heterocycles. The van der Waals surface area contributed by atoms with E-state index in [9.17, 15) is 9.59 Å². The van der Waals surface area contributed by atoms with Gasteiger partial charge >= 0.3 is 0 Å². The number of aromatic amines is 1. The molecule has 2 aliphatic rings. The zero-order valence-corrected chi connectivity index (χ0v) is 18.0. The molecule has 1 aromatic carbocycles. The van der Waals surface area contributed by atoms with E-state index in [1.165, 1.54) is 12.5 Å². The number of nitrogens with one attached hydrogen (secondary N) is 2. The van der Waals surface area contributed by atoms with Crippen LogP contribution in [-0.4, -0.2) is 57.8 Å². The lowest BCUT2D eigenvalue weighted by Gasteiger charge is -2.30. The van der Waals surface area contributed by atoms with Crippen molar-refractivity contribution in [3.8, 4) is 0 Å². The predicted molar refractivity (Wildman–Crippen MR) is 115 cm³/mol. The van der Waals surface area contributed by atoms with Gasteiger partial charge in [0, 0.05) is 51.1 Å². The van der Waals surface area contributed by atoms with Crippen LogP contribution in [0.2, 0.25) is 0 Å². The quantitative estimate of drug-likeness (QED) is 0.765. The van der Waals surface area contributed by atoms with Crippen molar-refractivity contribution >= 4 is 11.8 Å². The molecule has 3 atom stereocenters. The third-order valence-corrected chi connectivity index (χ3v) is 6.43. The van der Waals surface area contributed by atoms with Crippen LogP contribution in [0.5, 0.6) is 0 Å². The Morgan fingerprint density at radius 2 is 1.97 bits per heavy atom. The standard InChI is InChI=1S/C23H31N5O2/c1-4-21-25-15(2)20(26-21)14-27-11-18-12-28(22(30)10-24-16(3)29)23(19(18)13-27)17-8-6-5-7-9-17/h5-9,18-19,23H,4,10-14H2,1-3H3,(H,24,29)(H,25,26)/t18-,19-,23+/m0/s1. The van der Waals surface area contributed by atoms with Gasteiger partial charge in [-0.1, -0.05) is 37.3 Å². The molecule has 2 N–H and O–H groups in total. The molecule has 4 rings (SSSR count). The van der Waals surface area contributed by atoms with Gasteiger partial charge in [-0.3, -0.25) is 14.5 Å². The zero-order chi connectivity index (χ0) is 21.3. The van der Waals surface area contributed by atoms with Crippen LogP contribution in [0.4, 0.5) is 0 Å². The minimum Gasteiger partial charge on any atom is -0.347 e. The lowest BCUT2D eigenvalue weighted by Crippen LogP contribution is -2.41. The van der Waals surface area contributed by atoms with Gasteiger partial charge in [0.2, 0.25) is 11.8 Å². The molecule has 0 spiro atoms. The molecule has 0 unspecified atom stereocenters. The second-order valence-corrected chi connectivity index (χ2v) is 8.54. The van der Waals surface area contributed by atoms with Crippen molar-refractivity contribution in [2.24, 2.45) is 11.8 Å². The van der Waals surface area contributed by atoms with Crippen LogP contribution in [0.15, 0.2) is 30.3 Å². The fraction of sp³-hybridized carbons (Fsp3) is 0.522. The summed E-state index contributed by atoms with van der Waals surface area (Å²) in [6, 6.07) is 10.3. The minimum atomic E-state index is -0.175. The first-order chi connectivity index (χ1) is 14.5. The molecule has 3 heterocycles. The van der Waals surface area contributed by atoms with Gasteiger partial charge in [0.25, 0.3) is 0 Å². The average molecular weight is 410 g/mol. The first kappa shape index (κ1) is 20.6. The molecule has 2 fully saturated rings. The molecule has 2 aromatic rings. The Morgan fingerprint density at radius 1 is 1.20 bits per heavy atom. The minimum absolute atomic E-state index is 0.00395. The van der Waals surface area contributed by atoms with Crippen molar-refractivity contribution in [1.82, 2.24) is 25.1 Å². The molecule has 160 valence electrons. The number of carbonyl (C=O) groups excluding carboxylic acids is 2. The van der Waals surface area contributed by atoms with Gasteiger partial charge in [-0.25, -0.2) is 4.98 Å². The van der Waals surface area contributed by atoms with E-state index >= 15 is 0 Å². The smallest absolute Gasteiger partial charge is 0.242 e. The van der Waals surface area contributed by atoms with Crippen LogP contribution in [0, 0.1) is 18.8 Å². The Labute approximate surface area is 177 Å². The summed E-state index contributed by atoms with van der Waals surface area (Å²) >= 11 is 0. The topological polar surface area (TPSA) is 81.3 Å². The molecule has 7 heteroatoms. The third kappa shape index (κ3) is 4.12. The van der Waals surface area contributed by atoms with Gasteiger partial charge in [-0.15, -0.1) is 0 Å². The molecule has 7 nitrogen and oxygen atoms in total. The maximum atomic E-state index is 12.9. The largest absolute Gasteiger partial charge is 0.347 e. The van der Waals surface area contributed by atoms with E-state index in [0.29, 0.717) is 11.8 Å². The van der Waals surface area contributed by atoms with Crippen LogP contribution in [0.1, 0.15) is 42.7 Å². The molecule has 0 radical (unpaired) electrons. The fourth-order valence-electron chi connectivity index (χ4n) is 5.00. The van der Waals surface area contributed by atoms with Gasteiger partial charge < -0.3 is 15.2 Å². The molecule has 2 saturated heterocycles. The van der Waals surface area contributed by atoms with Gasteiger partial charge in [-0.2, -0.15) is 0 Å². The lowest BCUT2D eigenvalue weighted by atomic mass is 9.89. The molecule has 2 amide bonds. The van der Waals surface area contributed by atoms with Gasteiger partial charge in [0.05, 0.1) is 18.3 Å². The van der Waals surface area contributed by atoms with E-state index in [1.807, 2.05) is 23.1 Å². The first-order valence-corrected chi connectivity index (χ1v) is 10.8. The lowest BCUT2D eigenvalue weighted by molar-refractivity contribution is -0.133. The van der Waals surface area contributed by atoms with E-state index in [1.54, 1.807) is 0 Å². The number of carbonyl (C=O) groups is 2. The van der Waals surface area contributed by atoms with Gasteiger partial charge in [0.15, 0.2) is 0 Å². The highest BCUT2D eigenvalue weighted by Gasteiger charge is 2.48. The normalized spacial score (nSPS) is 23.6. The highest BCUT2D eigenvalue weighted by Crippen LogP contribution is 2.45. The number of fused-ring (bicyclic) bond motifs is 1. The molecule has 0 bridgehead atoms. The zero-order valence-electron chi connectivity index (χ0n) is 18.0. The molecule has 0 saturated carbocycles. The molecule has 30 heavy (non-hydrogen) atoms. The summed E-state index contributed by atoms with van der Waals surface area (Å²) in [6.45, 7) is 9.20. The summed E-state index contributed by atoms with van der Waals surface area (Å²) in [6.07, 6.45) is 0.910. The molecule has 0 aliphatic carbocycles. The Balaban J connectivity index is 1.51. The number of hydrogen-bond donors (Lipinski definition) is 2. The van der Waals surface area contributed by atoms with Crippen LogP contribution >= 0.6 is 0 Å². The number of likely N-dealkylation sites (tertiary alicyclic amines) is 2. The van der Waals surface area contributed by atoms with Crippen molar-refractivity contribution in [3.05, 3.63) is 53.1 Å². The number of amides is 2. The Kier molecular flexibility index (Phi) is 5.90. The van der Waals surface area contributed by atoms with Crippen LogP contribution in [0.25, 0.3) is 0 Å². The third-order valence-electron chi connectivity index (χ3n) is 6.43. The van der Waals surface area contributed by atoms with Crippen molar-refractivity contribution in [3.63, 3.8) is 0 Å². The van der Waals surface area contributed by atoms with Crippen LogP contribution < -0.4 is 5.32 Å². The average Bonchev–Trinajstić information content (AvgIpc) is 3.39. The number of H-pyrrole nitrogens is 1. The first-order valence-electron chi connectivity index (χ1n) is 10.8. The number of aryl methyl sites for hydroxylation is 2. The second kappa shape index (κ2) is 8.60.